The number of piperazine rings is 1. The predicted molar refractivity (Wildman–Crippen MR) is 94.0 cm³/mol. The fourth-order valence-electron chi connectivity index (χ4n) is 3.89. The molecule has 3 heterocycles. The monoisotopic (exact) mass is 362 g/mol. The normalized spacial score (nSPS) is 25.8. The van der Waals surface area contributed by atoms with Crippen LogP contribution in [0.4, 0.5) is 0 Å². The first kappa shape index (κ1) is 16.5. The largest absolute Gasteiger partial charge is 0.352 e. The van der Waals surface area contributed by atoms with Gasteiger partial charge in [0.1, 0.15) is 4.90 Å². The Kier molecular flexibility index (Phi) is 4.04. The highest BCUT2D eigenvalue weighted by Gasteiger charge is 2.36. The lowest BCUT2D eigenvalue weighted by atomic mass is 10.1. The third-order valence-corrected chi connectivity index (χ3v) is 6.63. The van der Waals surface area contributed by atoms with Crippen LogP contribution < -0.4 is 0 Å². The Morgan fingerprint density at radius 2 is 1.84 bits per heavy atom. The molecular weight excluding hydrogens is 340 g/mol. The van der Waals surface area contributed by atoms with Gasteiger partial charge in [-0.3, -0.25) is 9.69 Å². The highest BCUT2D eigenvalue weighted by molar-refractivity contribution is 7.90. The number of nitrogens with zero attached hydrogens (tertiary/aromatic N) is 4. The average Bonchev–Trinajstić information content (AvgIpc) is 3.16. The Labute approximate surface area is 148 Å². The zero-order valence-corrected chi connectivity index (χ0v) is 15.1. The molecule has 0 bridgehead atoms. The zero-order valence-electron chi connectivity index (χ0n) is 14.3. The minimum absolute atomic E-state index is 0.00326. The van der Waals surface area contributed by atoms with E-state index in [0.717, 1.165) is 19.4 Å². The molecule has 7 nitrogen and oxygen atoms in total. The zero-order chi connectivity index (χ0) is 17.6. The van der Waals surface area contributed by atoms with Gasteiger partial charge in [0.05, 0.1) is 6.04 Å². The van der Waals surface area contributed by atoms with Crippen molar-refractivity contribution in [3.63, 3.8) is 0 Å². The molecule has 0 spiro atoms. The standard InChI is InChI=1S/C17H22N4O3S/c1-19-8-4-6-14(19)17(22)21-11-9-20(10-12-21)16-13-5-2-3-7-15(13)25(23,24)18-16/h2-3,5,7,14H,4,6,8-12H2,1H3. The summed E-state index contributed by atoms with van der Waals surface area (Å²) in [6.07, 6.45) is 1.99. The molecule has 3 aliphatic heterocycles. The number of likely N-dealkylation sites (N-methyl/N-ethyl adjacent to an activating group) is 1. The molecule has 2 saturated heterocycles. The van der Waals surface area contributed by atoms with E-state index in [9.17, 15) is 13.2 Å². The van der Waals surface area contributed by atoms with Crippen molar-refractivity contribution in [2.45, 2.75) is 23.8 Å². The van der Waals surface area contributed by atoms with Crippen molar-refractivity contribution < 1.29 is 13.2 Å². The number of hydrogen-bond acceptors (Lipinski definition) is 5. The first-order chi connectivity index (χ1) is 12.0. The molecule has 134 valence electrons. The quantitative estimate of drug-likeness (QED) is 0.722. The molecular formula is C17H22N4O3S. The van der Waals surface area contributed by atoms with Crippen molar-refractivity contribution in [2.24, 2.45) is 4.40 Å². The summed E-state index contributed by atoms with van der Waals surface area (Å²) < 4.78 is 28.4. The van der Waals surface area contributed by atoms with Crippen LogP contribution in [-0.2, 0) is 14.8 Å². The lowest BCUT2D eigenvalue weighted by Gasteiger charge is -2.37. The van der Waals surface area contributed by atoms with Crippen LogP contribution >= 0.6 is 0 Å². The molecule has 0 saturated carbocycles. The molecule has 3 aliphatic rings. The number of sulfonamides is 1. The van der Waals surface area contributed by atoms with Gasteiger partial charge in [-0.1, -0.05) is 12.1 Å². The maximum Gasteiger partial charge on any atom is 0.285 e. The van der Waals surface area contributed by atoms with Gasteiger partial charge in [-0.2, -0.15) is 8.42 Å². The van der Waals surface area contributed by atoms with Crippen molar-refractivity contribution in [1.82, 2.24) is 14.7 Å². The lowest BCUT2D eigenvalue weighted by molar-refractivity contribution is -0.136. The summed E-state index contributed by atoms with van der Waals surface area (Å²) in [5, 5.41) is 0. The highest BCUT2D eigenvalue weighted by Crippen LogP contribution is 2.28. The molecule has 0 N–H and O–H groups in total. The van der Waals surface area contributed by atoms with Gasteiger partial charge in [0, 0.05) is 31.7 Å². The molecule has 25 heavy (non-hydrogen) atoms. The second kappa shape index (κ2) is 6.10. The van der Waals surface area contributed by atoms with Gasteiger partial charge in [-0.15, -0.1) is 4.40 Å². The van der Waals surface area contributed by atoms with Gasteiger partial charge in [0.2, 0.25) is 5.91 Å². The second-order valence-corrected chi connectivity index (χ2v) is 8.41. The number of amides is 1. The van der Waals surface area contributed by atoms with E-state index in [1.807, 2.05) is 22.9 Å². The van der Waals surface area contributed by atoms with E-state index in [-0.39, 0.29) is 16.8 Å². The van der Waals surface area contributed by atoms with Crippen LogP contribution in [0.2, 0.25) is 0 Å². The third kappa shape index (κ3) is 2.83. The van der Waals surface area contributed by atoms with Crippen LogP contribution in [0.15, 0.2) is 33.6 Å². The SMILES string of the molecule is CN1CCCC1C(=O)N1CCN(C2=NS(=O)(=O)c3ccccc32)CC1. The topological polar surface area (TPSA) is 73.3 Å². The van der Waals surface area contributed by atoms with E-state index in [0.29, 0.717) is 37.6 Å². The van der Waals surface area contributed by atoms with Crippen molar-refractivity contribution in [3.8, 4) is 0 Å². The van der Waals surface area contributed by atoms with Crippen LogP contribution in [0.3, 0.4) is 0 Å². The van der Waals surface area contributed by atoms with Gasteiger partial charge in [-0.05, 0) is 38.6 Å². The van der Waals surface area contributed by atoms with E-state index in [2.05, 4.69) is 9.30 Å². The molecule has 0 aliphatic carbocycles. The molecule has 1 amide bonds. The van der Waals surface area contributed by atoms with Gasteiger partial charge < -0.3 is 9.80 Å². The third-order valence-electron chi connectivity index (χ3n) is 5.31. The lowest BCUT2D eigenvalue weighted by Crippen LogP contribution is -2.54. The number of hydrogen-bond donors (Lipinski definition) is 0. The number of amidine groups is 1. The van der Waals surface area contributed by atoms with Gasteiger partial charge >= 0.3 is 0 Å². The van der Waals surface area contributed by atoms with Crippen molar-refractivity contribution >= 4 is 21.8 Å². The van der Waals surface area contributed by atoms with E-state index in [1.165, 1.54) is 0 Å². The number of carbonyl (C=O) groups is 1. The molecule has 1 unspecified atom stereocenters. The van der Waals surface area contributed by atoms with E-state index >= 15 is 0 Å². The summed E-state index contributed by atoms with van der Waals surface area (Å²) in [5.74, 6) is 0.710. The van der Waals surface area contributed by atoms with Gasteiger partial charge in [0.25, 0.3) is 10.0 Å². The Hall–Kier alpha value is -1.93. The first-order valence-corrected chi connectivity index (χ1v) is 10.1. The molecule has 1 aromatic carbocycles. The van der Waals surface area contributed by atoms with Crippen molar-refractivity contribution in [2.75, 3.05) is 39.8 Å². The van der Waals surface area contributed by atoms with Gasteiger partial charge in [-0.25, -0.2) is 0 Å². The summed E-state index contributed by atoms with van der Waals surface area (Å²) >= 11 is 0. The fraction of sp³-hybridized carbons (Fsp3) is 0.529. The maximum absolute atomic E-state index is 12.7. The van der Waals surface area contributed by atoms with E-state index < -0.39 is 10.0 Å². The van der Waals surface area contributed by atoms with Crippen LogP contribution in [0.1, 0.15) is 18.4 Å². The Morgan fingerprint density at radius 3 is 2.52 bits per heavy atom. The Balaban J connectivity index is 1.47. The fourth-order valence-corrected chi connectivity index (χ4v) is 5.12. The molecule has 1 aromatic rings. The molecule has 0 aromatic heterocycles. The minimum Gasteiger partial charge on any atom is -0.352 e. The first-order valence-electron chi connectivity index (χ1n) is 8.66. The Morgan fingerprint density at radius 1 is 1.12 bits per heavy atom. The summed E-state index contributed by atoms with van der Waals surface area (Å²) in [7, 11) is -1.59. The van der Waals surface area contributed by atoms with Crippen LogP contribution in [0.5, 0.6) is 0 Å². The van der Waals surface area contributed by atoms with Crippen molar-refractivity contribution in [1.29, 1.82) is 0 Å². The minimum atomic E-state index is -3.60. The Bertz CT molecular complexity index is 828. The summed E-state index contributed by atoms with van der Waals surface area (Å²) in [4.78, 5) is 19.0. The molecule has 0 radical (unpaired) electrons. The van der Waals surface area contributed by atoms with E-state index in [4.69, 9.17) is 0 Å². The summed E-state index contributed by atoms with van der Waals surface area (Å²) in [5.41, 5.74) is 0.665. The van der Waals surface area contributed by atoms with Crippen molar-refractivity contribution in [3.05, 3.63) is 29.8 Å². The molecule has 4 rings (SSSR count). The number of rotatable bonds is 1. The summed E-state index contributed by atoms with van der Waals surface area (Å²) in [6, 6.07) is 6.92. The number of carbonyl (C=O) groups excluding carboxylic acids is 1. The number of fused-ring (bicyclic) bond motifs is 1. The second-order valence-electron chi connectivity index (χ2n) is 6.84. The van der Waals surface area contributed by atoms with E-state index in [1.54, 1.807) is 18.2 Å². The predicted octanol–water partition coefficient (Wildman–Crippen LogP) is 0.374. The van der Waals surface area contributed by atoms with Crippen LogP contribution in [-0.4, -0.2) is 80.7 Å². The van der Waals surface area contributed by atoms with Crippen LogP contribution in [0.25, 0.3) is 0 Å². The molecule has 1 atom stereocenters. The number of benzene rings is 1. The molecule has 8 heteroatoms. The van der Waals surface area contributed by atoms with Crippen LogP contribution in [0, 0.1) is 0 Å². The van der Waals surface area contributed by atoms with Gasteiger partial charge in [0.15, 0.2) is 5.84 Å². The number of likely N-dealkylation sites (tertiary alicyclic amines) is 1. The molecule has 2 fully saturated rings. The summed E-state index contributed by atoms with van der Waals surface area (Å²) in [6.45, 7) is 3.38. The highest BCUT2D eigenvalue weighted by atomic mass is 32.2. The average molecular weight is 362 g/mol. The smallest absolute Gasteiger partial charge is 0.285 e. The maximum atomic E-state index is 12.7.